The smallest absolute Gasteiger partial charge is 0.407 e. The van der Waals surface area contributed by atoms with Crippen molar-refractivity contribution in [3.8, 4) is 0 Å². The summed E-state index contributed by atoms with van der Waals surface area (Å²) in [6.45, 7) is 0.663. The van der Waals surface area contributed by atoms with Gasteiger partial charge in [-0.1, -0.05) is 42.5 Å². The molecule has 120 valence electrons. The Morgan fingerprint density at radius 1 is 1.22 bits per heavy atom. The molecule has 1 amide bonds. The van der Waals surface area contributed by atoms with E-state index >= 15 is 0 Å². The van der Waals surface area contributed by atoms with E-state index < -0.39 is 12.1 Å². The van der Waals surface area contributed by atoms with E-state index in [-0.39, 0.29) is 6.61 Å². The summed E-state index contributed by atoms with van der Waals surface area (Å²) >= 11 is 1.19. The average molecular weight is 331 g/mol. The highest BCUT2D eigenvalue weighted by Crippen LogP contribution is 2.18. The SMILES string of the molecule is O=C(NCCC=Cc1ccsc1C(=O)O)OCc1ccccc1. The van der Waals surface area contributed by atoms with Gasteiger partial charge in [-0.05, 0) is 29.0 Å². The summed E-state index contributed by atoms with van der Waals surface area (Å²) in [6, 6.07) is 11.2. The molecule has 0 saturated heterocycles. The molecule has 2 N–H and O–H groups in total. The number of thiophene rings is 1. The lowest BCUT2D eigenvalue weighted by atomic mass is 10.2. The van der Waals surface area contributed by atoms with E-state index in [2.05, 4.69) is 5.32 Å². The van der Waals surface area contributed by atoms with Crippen LogP contribution in [0.15, 0.2) is 47.9 Å². The van der Waals surface area contributed by atoms with Crippen LogP contribution in [0.5, 0.6) is 0 Å². The Morgan fingerprint density at radius 3 is 2.74 bits per heavy atom. The number of carbonyl (C=O) groups excluding carboxylic acids is 1. The zero-order chi connectivity index (χ0) is 16.5. The van der Waals surface area contributed by atoms with Crippen LogP contribution in [-0.2, 0) is 11.3 Å². The number of benzene rings is 1. The van der Waals surface area contributed by atoms with Crippen molar-refractivity contribution < 1.29 is 19.4 Å². The van der Waals surface area contributed by atoms with Crippen LogP contribution in [0.2, 0.25) is 0 Å². The molecule has 23 heavy (non-hydrogen) atoms. The monoisotopic (exact) mass is 331 g/mol. The van der Waals surface area contributed by atoms with Crippen LogP contribution in [0.3, 0.4) is 0 Å². The molecule has 1 heterocycles. The minimum absolute atomic E-state index is 0.236. The van der Waals surface area contributed by atoms with Crippen LogP contribution in [0.1, 0.15) is 27.2 Å². The normalized spacial score (nSPS) is 10.6. The van der Waals surface area contributed by atoms with Gasteiger partial charge in [-0.3, -0.25) is 0 Å². The van der Waals surface area contributed by atoms with Crippen LogP contribution < -0.4 is 5.32 Å². The highest BCUT2D eigenvalue weighted by atomic mass is 32.1. The number of hydrogen-bond acceptors (Lipinski definition) is 4. The topological polar surface area (TPSA) is 75.6 Å². The van der Waals surface area contributed by atoms with E-state index in [0.29, 0.717) is 23.4 Å². The van der Waals surface area contributed by atoms with Crippen LogP contribution in [0, 0.1) is 0 Å². The van der Waals surface area contributed by atoms with Gasteiger partial charge in [0, 0.05) is 6.54 Å². The third-order valence-electron chi connectivity index (χ3n) is 2.98. The Hall–Kier alpha value is -2.60. The number of rotatable bonds is 7. The Labute approximate surface area is 138 Å². The van der Waals surface area contributed by atoms with E-state index in [4.69, 9.17) is 9.84 Å². The molecule has 2 rings (SSSR count). The maximum absolute atomic E-state index is 11.5. The molecule has 0 aliphatic carbocycles. The van der Waals surface area contributed by atoms with E-state index in [1.165, 1.54) is 11.3 Å². The standard InChI is InChI=1S/C17H17NO4S/c19-16(20)15-14(9-11-23-15)8-4-5-10-18-17(21)22-12-13-6-2-1-3-7-13/h1-4,6-9,11H,5,10,12H2,(H,18,21)(H,19,20). The van der Waals surface area contributed by atoms with Gasteiger partial charge < -0.3 is 15.2 Å². The predicted molar refractivity (Wildman–Crippen MR) is 89.6 cm³/mol. The maximum atomic E-state index is 11.5. The summed E-state index contributed by atoms with van der Waals surface area (Å²) in [5.41, 5.74) is 1.61. The fourth-order valence-electron chi connectivity index (χ4n) is 1.87. The highest BCUT2D eigenvalue weighted by molar-refractivity contribution is 7.12. The molecule has 5 nitrogen and oxygen atoms in total. The molecule has 0 aliphatic rings. The number of carbonyl (C=O) groups is 2. The molecule has 1 aromatic carbocycles. The van der Waals surface area contributed by atoms with Crippen LogP contribution in [-0.4, -0.2) is 23.7 Å². The first-order valence-electron chi connectivity index (χ1n) is 7.08. The number of aromatic carboxylic acids is 1. The Morgan fingerprint density at radius 2 is 2.00 bits per heavy atom. The first kappa shape index (κ1) is 16.8. The molecule has 0 spiro atoms. The van der Waals surface area contributed by atoms with Crippen molar-refractivity contribution in [3.63, 3.8) is 0 Å². The number of ether oxygens (including phenoxy) is 1. The number of alkyl carbamates (subject to hydrolysis) is 1. The van der Waals surface area contributed by atoms with Crippen molar-refractivity contribution in [1.82, 2.24) is 5.32 Å². The molecule has 0 unspecified atom stereocenters. The number of amides is 1. The van der Waals surface area contributed by atoms with Crippen molar-refractivity contribution in [2.24, 2.45) is 0 Å². The summed E-state index contributed by atoms with van der Waals surface area (Å²) in [5.74, 6) is -0.928. The first-order valence-corrected chi connectivity index (χ1v) is 7.96. The molecule has 0 fully saturated rings. The zero-order valence-corrected chi connectivity index (χ0v) is 13.2. The molecule has 2 aromatic rings. The van der Waals surface area contributed by atoms with Gasteiger partial charge in [-0.15, -0.1) is 11.3 Å². The first-order chi connectivity index (χ1) is 11.2. The van der Waals surface area contributed by atoms with E-state index in [1.807, 2.05) is 36.4 Å². The molecule has 0 atom stereocenters. The summed E-state index contributed by atoms with van der Waals surface area (Å²) in [5, 5.41) is 13.4. The molecule has 6 heteroatoms. The van der Waals surface area contributed by atoms with Gasteiger partial charge in [0.05, 0.1) is 0 Å². The average Bonchev–Trinajstić information content (AvgIpc) is 3.02. The quantitative estimate of drug-likeness (QED) is 0.757. The number of carboxylic acids is 1. The minimum atomic E-state index is -0.928. The second kappa shape index (κ2) is 8.75. The fraction of sp³-hybridized carbons (Fsp3) is 0.176. The van der Waals surface area contributed by atoms with Crippen LogP contribution >= 0.6 is 11.3 Å². The van der Waals surface area contributed by atoms with Crippen LogP contribution in [0.25, 0.3) is 6.08 Å². The van der Waals surface area contributed by atoms with Crippen molar-refractivity contribution >= 4 is 29.5 Å². The van der Waals surface area contributed by atoms with E-state index in [1.54, 1.807) is 17.5 Å². The second-order valence-corrected chi connectivity index (χ2v) is 5.61. The lowest BCUT2D eigenvalue weighted by Crippen LogP contribution is -2.24. The van der Waals surface area contributed by atoms with Gasteiger partial charge >= 0.3 is 12.1 Å². The van der Waals surface area contributed by atoms with Crippen molar-refractivity contribution in [2.75, 3.05) is 6.54 Å². The van der Waals surface area contributed by atoms with Gasteiger partial charge in [0.1, 0.15) is 11.5 Å². The lowest BCUT2D eigenvalue weighted by molar-refractivity contribution is 0.0702. The van der Waals surface area contributed by atoms with E-state index in [0.717, 1.165) is 5.56 Å². The van der Waals surface area contributed by atoms with Crippen molar-refractivity contribution in [2.45, 2.75) is 13.0 Å². The van der Waals surface area contributed by atoms with Gasteiger partial charge in [0.2, 0.25) is 0 Å². The van der Waals surface area contributed by atoms with Gasteiger partial charge in [-0.2, -0.15) is 0 Å². The minimum Gasteiger partial charge on any atom is -0.477 e. The van der Waals surface area contributed by atoms with Crippen LogP contribution in [0.4, 0.5) is 4.79 Å². The van der Waals surface area contributed by atoms with Crippen molar-refractivity contribution in [3.05, 3.63) is 63.9 Å². The molecule has 0 radical (unpaired) electrons. The largest absolute Gasteiger partial charge is 0.477 e. The highest BCUT2D eigenvalue weighted by Gasteiger charge is 2.08. The second-order valence-electron chi connectivity index (χ2n) is 4.69. The molecule has 1 aromatic heterocycles. The molecular formula is C17H17NO4S. The van der Waals surface area contributed by atoms with E-state index in [9.17, 15) is 9.59 Å². The summed E-state index contributed by atoms with van der Waals surface area (Å²) in [4.78, 5) is 22.8. The predicted octanol–water partition coefficient (Wildman–Crippen LogP) is 3.78. The van der Waals surface area contributed by atoms with Gasteiger partial charge in [0.15, 0.2) is 0 Å². The fourth-order valence-corrected chi connectivity index (χ4v) is 2.59. The van der Waals surface area contributed by atoms with Crippen molar-refractivity contribution in [1.29, 1.82) is 0 Å². The summed E-state index contributed by atoms with van der Waals surface area (Å²) in [6.07, 6.45) is 3.70. The third kappa shape index (κ3) is 5.60. The molecule has 0 saturated carbocycles. The molecular weight excluding hydrogens is 314 g/mol. The Kier molecular flexibility index (Phi) is 6.38. The lowest BCUT2D eigenvalue weighted by Gasteiger charge is -2.05. The molecule has 0 aliphatic heterocycles. The summed E-state index contributed by atoms with van der Waals surface area (Å²) < 4.78 is 5.08. The number of hydrogen-bond donors (Lipinski definition) is 2. The Bertz CT molecular complexity index is 679. The number of carboxylic acid groups (broad SMARTS) is 1. The number of nitrogens with one attached hydrogen (secondary N) is 1. The molecule has 0 bridgehead atoms. The Balaban J connectivity index is 1.66. The van der Waals surface area contributed by atoms with Gasteiger partial charge in [0.25, 0.3) is 0 Å². The third-order valence-corrected chi connectivity index (χ3v) is 3.90. The zero-order valence-electron chi connectivity index (χ0n) is 12.4. The summed E-state index contributed by atoms with van der Waals surface area (Å²) in [7, 11) is 0. The maximum Gasteiger partial charge on any atom is 0.407 e. The van der Waals surface area contributed by atoms with Gasteiger partial charge in [-0.25, -0.2) is 9.59 Å².